The van der Waals surface area contributed by atoms with Gasteiger partial charge in [0.2, 0.25) is 10.0 Å². The van der Waals surface area contributed by atoms with Crippen molar-refractivity contribution in [2.24, 2.45) is 0 Å². The number of anilines is 1. The van der Waals surface area contributed by atoms with E-state index in [-0.39, 0.29) is 11.4 Å². The maximum atomic E-state index is 12.4. The van der Waals surface area contributed by atoms with Crippen molar-refractivity contribution in [3.8, 4) is 0 Å². The first-order valence-corrected chi connectivity index (χ1v) is 8.33. The van der Waals surface area contributed by atoms with Gasteiger partial charge in [0.05, 0.1) is 11.7 Å². The average Bonchev–Trinajstić information content (AvgIpc) is 2.94. The topological polar surface area (TPSA) is 98.0 Å². The zero-order chi connectivity index (χ0) is 14.9. The normalized spacial score (nSPS) is 11.8. The molecule has 0 aliphatic carbocycles. The van der Waals surface area contributed by atoms with Crippen molar-refractivity contribution in [2.75, 3.05) is 5.73 Å². The van der Waals surface area contributed by atoms with Crippen molar-refractivity contribution >= 4 is 38.5 Å². The minimum absolute atomic E-state index is 0.128. The molecule has 0 aliphatic heterocycles. The van der Waals surface area contributed by atoms with Gasteiger partial charge in [-0.25, -0.2) is 13.1 Å². The van der Waals surface area contributed by atoms with Crippen LogP contribution in [0.4, 0.5) is 5.69 Å². The molecule has 0 amide bonds. The molecule has 0 aliphatic rings. The summed E-state index contributed by atoms with van der Waals surface area (Å²) in [4.78, 5) is 0.128. The van der Waals surface area contributed by atoms with Crippen LogP contribution in [0, 0.1) is 0 Å². The molecular weight excluding hydrogens is 308 g/mol. The Kier molecular flexibility index (Phi) is 3.58. The molecule has 6 nitrogen and oxygen atoms in total. The second-order valence-corrected chi connectivity index (χ2v) is 6.68. The van der Waals surface area contributed by atoms with E-state index in [0.29, 0.717) is 16.7 Å². The molecule has 3 N–H and O–H groups in total. The van der Waals surface area contributed by atoms with Gasteiger partial charge in [0, 0.05) is 12.2 Å². The number of benzene rings is 2. The monoisotopic (exact) mass is 320 g/mol. The average molecular weight is 320 g/mol. The first kappa shape index (κ1) is 13.9. The second kappa shape index (κ2) is 5.40. The Labute approximate surface area is 126 Å². The predicted molar refractivity (Wildman–Crippen MR) is 82.3 cm³/mol. The van der Waals surface area contributed by atoms with Crippen LogP contribution in [0.2, 0.25) is 0 Å². The Morgan fingerprint density at radius 3 is 2.71 bits per heavy atom. The number of para-hydroxylation sites is 1. The van der Waals surface area contributed by atoms with Crippen molar-refractivity contribution in [1.82, 2.24) is 13.5 Å². The molecule has 0 saturated heterocycles. The zero-order valence-corrected chi connectivity index (χ0v) is 12.5. The van der Waals surface area contributed by atoms with Gasteiger partial charge in [-0.1, -0.05) is 24.3 Å². The number of hydrogen-bond acceptors (Lipinski definition) is 6. The summed E-state index contributed by atoms with van der Waals surface area (Å²) in [5, 5.41) is 0. The SMILES string of the molecule is Nc1ccccc1CNS(=O)(=O)c1cccc2nsnc12. The first-order valence-electron chi connectivity index (χ1n) is 6.12. The van der Waals surface area contributed by atoms with E-state index < -0.39 is 10.0 Å². The summed E-state index contributed by atoms with van der Waals surface area (Å²) < 4.78 is 35.5. The number of aromatic nitrogens is 2. The number of nitrogens with zero attached hydrogens (tertiary/aromatic N) is 2. The lowest BCUT2D eigenvalue weighted by molar-refractivity contribution is 0.582. The van der Waals surface area contributed by atoms with Gasteiger partial charge in [-0.05, 0) is 23.8 Å². The quantitative estimate of drug-likeness (QED) is 0.714. The van der Waals surface area contributed by atoms with Gasteiger partial charge in [-0.2, -0.15) is 8.75 Å². The van der Waals surface area contributed by atoms with Crippen LogP contribution in [0.3, 0.4) is 0 Å². The number of rotatable bonds is 4. The number of hydrogen-bond donors (Lipinski definition) is 2. The molecule has 1 heterocycles. The van der Waals surface area contributed by atoms with Crippen molar-refractivity contribution < 1.29 is 8.42 Å². The van der Waals surface area contributed by atoms with E-state index >= 15 is 0 Å². The fourth-order valence-electron chi connectivity index (χ4n) is 1.94. The maximum absolute atomic E-state index is 12.4. The molecule has 8 heteroatoms. The number of nitrogen functional groups attached to an aromatic ring is 1. The van der Waals surface area contributed by atoms with Crippen LogP contribution in [0.15, 0.2) is 47.4 Å². The van der Waals surface area contributed by atoms with E-state index in [1.807, 2.05) is 6.07 Å². The van der Waals surface area contributed by atoms with Crippen molar-refractivity contribution in [2.45, 2.75) is 11.4 Å². The lowest BCUT2D eigenvalue weighted by atomic mass is 10.2. The molecule has 0 radical (unpaired) electrons. The van der Waals surface area contributed by atoms with E-state index in [1.165, 1.54) is 6.07 Å². The van der Waals surface area contributed by atoms with Gasteiger partial charge in [0.15, 0.2) is 0 Å². The minimum atomic E-state index is -3.67. The van der Waals surface area contributed by atoms with Crippen LogP contribution in [0.1, 0.15) is 5.56 Å². The molecule has 3 aromatic rings. The van der Waals surface area contributed by atoms with Gasteiger partial charge in [0.1, 0.15) is 15.9 Å². The van der Waals surface area contributed by atoms with Crippen LogP contribution in [0.25, 0.3) is 11.0 Å². The zero-order valence-electron chi connectivity index (χ0n) is 10.9. The lowest BCUT2D eigenvalue weighted by Crippen LogP contribution is -2.24. The molecular formula is C13H12N4O2S2. The Bertz CT molecular complexity index is 890. The third kappa shape index (κ3) is 2.73. The first-order chi connectivity index (χ1) is 10.1. The van der Waals surface area contributed by atoms with E-state index in [4.69, 9.17) is 5.73 Å². The summed E-state index contributed by atoms with van der Waals surface area (Å²) >= 11 is 0.988. The summed E-state index contributed by atoms with van der Waals surface area (Å²) in [5.41, 5.74) is 8.04. The van der Waals surface area contributed by atoms with Crippen molar-refractivity contribution in [1.29, 1.82) is 0 Å². The standard InChI is InChI=1S/C13H12N4O2S2/c14-10-5-2-1-4-9(10)8-15-21(18,19)12-7-3-6-11-13(12)17-20-16-11/h1-7,15H,8,14H2. The van der Waals surface area contributed by atoms with Gasteiger partial charge in [-0.15, -0.1) is 0 Å². The highest BCUT2D eigenvalue weighted by molar-refractivity contribution is 7.89. The highest BCUT2D eigenvalue weighted by Gasteiger charge is 2.19. The van der Waals surface area contributed by atoms with Gasteiger partial charge in [-0.3, -0.25) is 0 Å². The van der Waals surface area contributed by atoms with Crippen LogP contribution >= 0.6 is 11.7 Å². The molecule has 0 atom stereocenters. The Hall–Kier alpha value is -2.03. The summed E-state index contributed by atoms with van der Waals surface area (Å²) in [6, 6.07) is 12.0. The van der Waals surface area contributed by atoms with E-state index in [1.54, 1.807) is 30.3 Å². The summed E-state index contributed by atoms with van der Waals surface area (Å²) in [6.45, 7) is 0.128. The Morgan fingerprint density at radius 2 is 1.90 bits per heavy atom. The van der Waals surface area contributed by atoms with Crippen LogP contribution in [0.5, 0.6) is 0 Å². The van der Waals surface area contributed by atoms with E-state index in [9.17, 15) is 8.42 Å². The third-order valence-corrected chi connectivity index (χ3v) is 5.02. The number of nitrogens with two attached hydrogens (primary N) is 1. The van der Waals surface area contributed by atoms with Crippen molar-refractivity contribution in [3.63, 3.8) is 0 Å². The third-order valence-electron chi connectivity index (χ3n) is 3.05. The van der Waals surface area contributed by atoms with Crippen LogP contribution in [-0.2, 0) is 16.6 Å². The molecule has 108 valence electrons. The molecule has 1 aromatic heterocycles. The molecule has 0 bridgehead atoms. The predicted octanol–water partition coefficient (Wildman–Crippen LogP) is 1.75. The molecule has 2 aromatic carbocycles. The molecule has 21 heavy (non-hydrogen) atoms. The van der Waals surface area contributed by atoms with E-state index in [0.717, 1.165) is 17.3 Å². The number of sulfonamides is 1. The Balaban J connectivity index is 1.91. The molecule has 0 spiro atoms. The summed E-state index contributed by atoms with van der Waals surface area (Å²) in [5.74, 6) is 0. The maximum Gasteiger partial charge on any atom is 0.243 e. The molecule has 0 saturated carbocycles. The minimum Gasteiger partial charge on any atom is -0.398 e. The van der Waals surface area contributed by atoms with Gasteiger partial charge in [0.25, 0.3) is 0 Å². The van der Waals surface area contributed by atoms with E-state index in [2.05, 4.69) is 13.5 Å². The lowest BCUT2D eigenvalue weighted by Gasteiger charge is -2.08. The highest BCUT2D eigenvalue weighted by Crippen LogP contribution is 2.21. The number of nitrogens with one attached hydrogen (secondary N) is 1. The van der Waals surface area contributed by atoms with Gasteiger partial charge >= 0.3 is 0 Å². The molecule has 0 fully saturated rings. The van der Waals surface area contributed by atoms with Gasteiger partial charge < -0.3 is 5.73 Å². The molecule has 0 unspecified atom stereocenters. The highest BCUT2D eigenvalue weighted by atomic mass is 32.2. The largest absolute Gasteiger partial charge is 0.398 e. The fourth-order valence-corrected chi connectivity index (χ4v) is 3.71. The Morgan fingerprint density at radius 1 is 1.10 bits per heavy atom. The second-order valence-electron chi connectivity index (χ2n) is 4.41. The fraction of sp³-hybridized carbons (Fsp3) is 0.0769. The number of fused-ring (bicyclic) bond motifs is 1. The summed E-state index contributed by atoms with van der Waals surface area (Å²) in [7, 11) is -3.67. The summed E-state index contributed by atoms with van der Waals surface area (Å²) in [6.07, 6.45) is 0. The van der Waals surface area contributed by atoms with Crippen LogP contribution < -0.4 is 10.5 Å². The van der Waals surface area contributed by atoms with Crippen molar-refractivity contribution in [3.05, 3.63) is 48.0 Å². The van der Waals surface area contributed by atoms with Crippen LogP contribution in [-0.4, -0.2) is 17.2 Å². The smallest absolute Gasteiger partial charge is 0.243 e. The molecule has 3 rings (SSSR count).